The van der Waals surface area contributed by atoms with Crippen LogP contribution >= 0.6 is 11.6 Å². The van der Waals surface area contributed by atoms with Crippen molar-refractivity contribution in [1.29, 1.82) is 0 Å². The highest BCUT2D eigenvalue weighted by Gasteiger charge is 2.19. The first-order valence-corrected chi connectivity index (χ1v) is 6.59. The number of hydrogen-bond acceptors (Lipinski definition) is 4. The van der Waals surface area contributed by atoms with Crippen molar-refractivity contribution < 1.29 is 13.2 Å². The van der Waals surface area contributed by atoms with E-state index in [0.29, 0.717) is 0 Å². The summed E-state index contributed by atoms with van der Waals surface area (Å²) in [4.78, 5) is 3.86. The number of halogens is 1. The highest BCUT2D eigenvalue weighted by Crippen LogP contribution is 2.06. The van der Waals surface area contributed by atoms with Gasteiger partial charge in [-0.3, -0.25) is 4.98 Å². The second-order valence-electron chi connectivity index (χ2n) is 3.12. The van der Waals surface area contributed by atoms with Gasteiger partial charge >= 0.3 is 0 Å². The van der Waals surface area contributed by atoms with Gasteiger partial charge in [-0.2, -0.15) is 0 Å². The zero-order valence-corrected chi connectivity index (χ0v) is 10.3. The standard InChI is InChI=1S/C9H13ClN2O3S/c1-15-7-8(5-10)12-16(13,14)9-3-2-4-11-6-9/h2-4,6,8,12H,5,7H2,1H3. The van der Waals surface area contributed by atoms with E-state index in [2.05, 4.69) is 9.71 Å². The summed E-state index contributed by atoms with van der Waals surface area (Å²) in [6.07, 6.45) is 2.79. The summed E-state index contributed by atoms with van der Waals surface area (Å²) in [5.74, 6) is 0.146. The van der Waals surface area contributed by atoms with Gasteiger partial charge in [0.25, 0.3) is 0 Å². The molecule has 0 fully saturated rings. The Morgan fingerprint density at radius 1 is 1.62 bits per heavy atom. The molecule has 0 aliphatic heterocycles. The number of aromatic nitrogens is 1. The van der Waals surface area contributed by atoms with Crippen LogP contribution in [-0.4, -0.2) is 39.0 Å². The molecule has 0 bridgehead atoms. The van der Waals surface area contributed by atoms with Crippen LogP contribution in [0, 0.1) is 0 Å². The van der Waals surface area contributed by atoms with Gasteiger partial charge < -0.3 is 4.74 Å². The smallest absolute Gasteiger partial charge is 0.242 e. The molecule has 0 aliphatic carbocycles. The summed E-state index contributed by atoms with van der Waals surface area (Å²) in [6.45, 7) is 0.225. The van der Waals surface area contributed by atoms with Gasteiger partial charge in [-0.15, -0.1) is 11.6 Å². The van der Waals surface area contributed by atoms with E-state index in [4.69, 9.17) is 16.3 Å². The fourth-order valence-corrected chi connectivity index (χ4v) is 2.55. The van der Waals surface area contributed by atoms with Crippen molar-refractivity contribution in [2.75, 3.05) is 19.6 Å². The first-order chi connectivity index (χ1) is 7.60. The summed E-state index contributed by atoms with van der Waals surface area (Å²) in [5, 5.41) is 0. The van der Waals surface area contributed by atoms with Gasteiger partial charge in [0.15, 0.2) is 0 Å². The summed E-state index contributed by atoms with van der Waals surface area (Å²) < 4.78 is 30.9. The third-order valence-electron chi connectivity index (χ3n) is 1.82. The van der Waals surface area contributed by atoms with E-state index in [9.17, 15) is 8.42 Å². The molecule has 1 aromatic heterocycles. The Bertz CT molecular complexity index is 410. The lowest BCUT2D eigenvalue weighted by molar-refractivity contribution is 0.181. The van der Waals surface area contributed by atoms with Crippen molar-refractivity contribution in [1.82, 2.24) is 9.71 Å². The molecule has 0 radical (unpaired) electrons. The van der Waals surface area contributed by atoms with Gasteiger partial charge in [-0.1, -0.05) is 0 Å². The minimum Gasteiger partial charge on any atom is -0.383 e. The van der Waals surface area contributed by atoms with Gasteiger partial charge in [0.05, 0.1) is 12.6 Å². The SMILES string of the molecule is COCC(CCl)NS(=O)(=O)c1cccnc1. The van der Waals surface area contributed by atoms with E-state index in [1.807, 2.05) is 0 Å². The average molecular weight is 265 g/mol. The van der Waals surface area contributed by atoms with Gasteiger partial charge in [0, 0.05) is 25.4 Å². The Morgan fingerprint density at radius 3 is 2.88 bits per heavy atom. The van der Waals surface area contributed by atoms with E-state index in [1.54, 1.807) is 6.07 Å². The topological polar surface area (TPSA) is 68.3 Å². The molecule has 1 N–H and O–H groups in total. The van der Waals surface area contributed by atoms with E-state index in [-0.39, 0.29) is 17.4 Å². The number of alkyl halides is 1. The van der Waals surface area contributed by atoms with Crippen molar-refractivity contribution in [3.63, 3.8) is 0 Å². The Hall–Kier alpha value is -0.690. The average Bonchev–Trinajstić information content (AvgIpc) is 2.29. The molecule has 0 aromatic carbocycles. The lowest BCUT2D eigenvalue weighted by atomic mass is 10.4. The minimum atomic E-state index is -3.57. The zero-order valence-electron chi connectivity index (χ0n) is 8.76. The van der Waals surface area contributed by atoms with Crippen LogP contribution in [-0.2, 0) is 14.8 Å². The van der Waals surface area contributed by atoms with E-state index < -0.39 is 16.1 Å². The minimum absolute atomic E-state index is 0.112. The highest BCUT2D eigenvalue weighted by molar-refractivity contribution is 7.89. The first kappa shape index (κ1) is 13.4. The van der Waals surface area contributed by atoms with Crippen LogP contribution in [0.2, 0.25) is 0 Å². The van der Waals surface area contributed by atoms with E-state index in [1.165, 1.54) is 25.6 Å². The maximum atomic E-state index is 11.8. The largest absolute Gasteiger partial charge is 0.383 e. The summed E-state index contributed by atoms with van der Waals surface area (Å²) in [7, 11) is -2.09. The third-order valence-corrected chi connectivity index (χ3v) is 3.70. The predicted molar refractivity (Wildman–Crippen MR) is 60.9 cm³/mol. The number of methoxy groups -OCH3 is 1. The molecule has 0 saturated carbocycles. The Balaban J connectivity index is 2.79. The molecule has 0 amide bonds. The Morgan fingerprint density at radius 2 is 2.38 bits per heavy atom. The van der Waals surface area contributed by atoms with Crippen molar-refractivity contribution in [2.24, 2.45) is 0 Å². The number of pyridine rings is 1. The molecule has 1 unspecified atom stereocenters. The van der Waals surface area contributed by atoms with Gasteiger partial charge in [0.2, 0.25) is 10.0 Å². The van der Waals surface area contributed by atoms with Crippen LogP contribution in [0.1, 0.15) is 0 Å². The molecule has 0 aliphatic rings. The molecule has 0 spiro atoms. The van der Waals surface area contributed by atoms with Crippen LogP contribution < -0.4 is 4.72 Å². The normalized spacial score (nSPS) is 13.6. The molecular formula is C9H13ClN2O3S. The van der Waals surface area contributed by atoms with E-state index in [0.717, 1.165) is 0 Å². The number of nitrogens with zero attached hydrogens (tertiary/aromatic N) is 1. The maximum absolute atomic E-state index is 11.8. The molecule has 1 aromatic rings. The van der Waals surface area contributed by atoms with Crippen molar-refractivity contribution in [3.05, 3.63) is 24.5 Å². The fourth-order valence-electron chi connectivity index (χ4n) is 1.10. The van der Waals surface area contributed by atoms with Gasteiger partial charge in [-0.25, -0.2) is 13.1 Å². The summed E-state index contributed by atoms with van der Waals surface area (Å²) >= 11 is 5.62. The Labute approximate surface area is 99.8 Å². The predicted octanol–water partition coefficient (Wildman–Crippen LogP) is 0.614. The molecule has 5 nitrogen and oxygen atoms in total. The zero-order chi connectivity index (χ0) is 12.0. The molecule has 0 saturated heterocycles. The number of hydrogen-bond donors (Lipinski definition) is 1. The maximum Gasteiger partial charge on any atom is 0.242 e. The monoisotopic (exact) mass is 264 g/mol. The number of ether oxygens (including phenoxy) is 1. The lowest BCUT2D eigenvalue weighted by Gasteiger charge is -2.14. The number of nitrogens with one attached hydrogen (secondary N) is 1. The van der Waals surface area contributed by atoms with Crippen LogP contribution in [0.5, 0.6) is 0 Å². The third kappa shape index (κ3) is 3.71. The van der Waals surface area contributed by atoms with E-state index >= 15 is 0 Å². The molecule has 1 atom stereocenters. The van der Waals surface area contributed by atoms with Crippen molar-refractivity contribution in [3.8, 4) is 0 Å². The van der Waals surface area contributed by atoms with Crippen molar-refractivity contribution in [2.45, 2.75) is 10.9 Å². The number of sulfonamides is 1. The van der Waals surface area contributed by atoms with Gasteiger partial charge in [0.1, 0.15) is 4.90 Å². The summed E-state index contributed by atoms with van der Waals surface area (Å²) in [6, 6.07) is 2.57. The van der Waals surface area contributed by atoms with Crippen LogP contribution in [0.25, 0.3) is 0 Å². The Kier molecular flexibility index (Phi) is 5.14. The van der Waals surface area contributed by atoms with Crippen LogP contribution in [0.15, 0.2) is 29.4 Å². The quantitative estimate of drug-likeness (QED) is 0.765. The molecule has 16 heavy (non-hydrogen) atoms. The van der Waals surface area contributed by atoms with Crippen molar-refractivity contribution >= 4 is 21.6 Å². The van der Waals surface area contributed by atoms with Crippen LogP contribution in [0.3, 0.4) is 0 Å². The molecule has 90 valence electrons. The molecule has 7 heteroatoms. The van der Waals surface area contributed by atoms with Crippen LogP contribution in [0.4, 0.5) is 0 Å². The molecule has 1 heterocycles. The van der Waals surface area contributed by atoms with Gasteiger partial charge in [-0.05, 0) is 12.1 Å². The second kappa shape index (κ2) is 6.15. The second-order valence-corrected chi connectivity index (χ2v) is 5.14. The fraction of sp³-hybridized carbons (Fsp3) is 0.444. The molecule has 1 rings (SSSR count). The molecular weight excluding hydrogens is 252 g/mol. The summed E-state index contributed by atoms with van der Waals surface area (Å²) in [5.41, 5.74) is 0. The lowest BCUT2D eigenvalue weighted by Crippen LogP contribution is -2.39. The highest BCUT2D eigenvalue weighted by atomic mass is 35.5. The first-order valence-electron chi connectivity index (χ1n) is 4.57. The number of rotatable bonds is 6.